The zero-order chi connectivity index (χ0) is 22.1. The van der Waals surface area contributed by atoms with Crippen molar-refractivity contribution in [1.82, 2.24) is 9.80 Å². The van der Waals surface area contributed by atoms with Gasteiger partial charge >= 0.3 is 6.18 Å². The summed E-state index contributed by atoms with van der Waals surface area (Å²) in [6.07, 6.45) is -2.43. The molecule has 0 atom stereocenters. The average molecular weight is 491 g/mol. The summed E-state index contributed by atoms with van der Waals surface area (Å²) in [5, 5.41) is 0. The summed E-state index contributed by atoms with van der Waals surface area (Å²) in [4.78, 5) is 16.5. The van der Waals surface area contributed by atoms with Crippen LogP contribution in [0, 0.1) is 17.3 Å². The molecule has 31 heavy (non-hydrogen) atoms. The zero-order valence-electron chi connectivity index (χ0n) is 16.9. The van der Waals surface area contributed by atoms with Crippen LogP contribution in [-0.4, -0.2) is 41.9 Å². The molecule has 0 aromatic heterocycles. The first-order valence-corrected chi connectivity index (χ1v) is 11.0. The third-order valence-electron chi connectivity index (χ3n) is 6.07. The van der Waals surface area contributed by atoms with Crippen LogP contribution in [0.1, 0.15) is 29.5 Å². The maximum Gasteiger partial charge on any atom is 0.416 e. The molecule has 0 saturated carbocycles. The number of hydrogen-bond donors (Lipinski definition) is 0. The minimum Gasteiger partial charge on any atom is -0.332 e. The molecule has 0 radical (unpaired) electrons. The summed E-state index contributed by atoms with van der Waals surface area (Å²) < 4.78 is 39.0. The Bertz CT molecular complexity index is 990. The van der Waals surface area contributed by atoms with Crippen LogP contribution in [0.15, 0.2) is 53.0 Å². The maximum atomic E-state index is 12.7. The molecule has 0 aliphatic carbocycles. The monoisotopic (exact) mass is 490 g/mol. The van der Waals surface area contributed by atoms with Crippen molar-refractivity contribution in [2.75, 3.05) is 26.2 Å². The van der Waals surface area contributed by atoms with Crippen LogP contribution in [0.4, 0.5) is 13.2 Å². The third kappa shape index (κ3) is 5.31. The molecule has 1 amide bonds. The molecule has 2 fully saturated rings. The van der Waals surface area contributed by atoms with Gasteiger partial charge in [0.05, 0.1) is 5.56 Å². The highest BCUT2D eigenvalue weighted by Gasteiger charge is 2.45. The van der Waals surface area contributed by atoms with Crippen molar-refractivity contribution in [3.05, 3.63) is 69.7 Å². The lowest BCUT2D eigenvalue weighted by molar-refractivity contribution is -0.137. The predicted molar refractivity (Wildman–Crippen MR) is 116 cm³/mol. The second-order valence-electron chi connectivity index (χ2n) is 8.39. The second kappa shape index (κ2) is 8.68. The first-order chi connectivity index (χ1) is 14.7. The fourth-order valence-corrected chi connectivity index (χ4v) is 4.57. The summed E-state index contributed by atoms with van der Waals surface area (Å²) in [6.45, 7) is 3.88. The van der Waals surface area contributed by atoms with E-state index in [2.05, 4.69) is 32.7 Å². The Hall–Kier alpha value is -2.30. The van der Waals surface area contributed by atoms with Gasteiger partial charge in [0.2, 0.25) is 0 Å². The number of rotatable bonds is 2. The number of halogens is 4. The Morgan fingerprint density at radius 2 is 1.61 bits per heavy atom. The molecule has 0 unspecified atom stereocenters. The molecule has 3 nitrogen and oxygen atoms in total. The molecule has 0 bridgehead atoms. The summed E-state index contributed by atoms with van der Waals surface area (Å²) >= 11 is 3.38. The van der Waals surface area contributed by atoms with Crippen LogP contribution in [0.25, 0.3) is 0 Å². The Morgan fingerprint density at radius 1 is 1.00 bits per heavy atom. The molecule has 1 spiro atoms. The zero-order valence-corrected chi connectivity index (χ0v) is 18.5. The van der Waals surface area contributed by atoms with Crippen LogP contribution in [0.5, 0.6) is 0 Å². The first kappa shape index (κ1) is 21.9. The number of piperidine rings is 1. The Balaban J connectivity index is 1.24. The van der Waals surface area contributed by atoms with Crippen molar-refractivity contribution in [2.45, 2.75) is 25.6 Å². The quantitative estimate of drug-likeness (QED) is 0.556. The van der Waals surface area contributed by atoms with Gasteiger partial charge in [0.1, 0.15) is 0 Å². The summed E-state index contributed by atoms with van der Waals surface area (Å²) in [6, 6.07) is 12.9. The lowest BCUT2D eigenvalue weighted by Gasteiger charge is -2.54. The minimum atomic E-state index is -4.30. The van der Waals surface area contributed by atoms with E-state index in [1.807, 2.05) is 29.2 Å². The van der Waals surface area contributed by atoms with Gasteiger partial charge in [-0.2, -0.15) is 13.2 Å². The van der Waals surface area contributed by atoms with E-state index in [4.69, 9.17) is 0 Å². The minimum absolute atomic E-state index is 0.140. The molecule has 2 aliphatic heterocycles. The van der Waals surface area contributed by atoms with Gasteiger partial charge in [-0.05, 0) is 60.2 Å². The number of carbonyl (C=O) groups is 1. The van der Waals surface area contributed by atoms with Gasteiger partial charge in [0, 0.05) is 48.7 Å². The molecule has 2 aromatic carbocycles. The van der Waals surface area contributed by atoms with Crippen LogP contribution in [0.3, 0.4) is 0 Å². The summed E-state index contributed by atoms with van der Waals surface area (Å²) in [7, 11) is 0. The van der Waals surface area contributed by atoms with E-state index in [0.717, 1.165) is 53.7 Å². The molecule has 0 N–H and O–H groups in total. The number of hydrogen-bond acceptors (Lipinski definition) is 2. The number of carbonyl (C=O) groups excluding carboxylic acids is 1. The molecular formula is C24H22BrF3N2O. The van der Waals surface area contributed by atoms with E-state index >= 15 is 0 Å². The number of benzene rings is 2. The largest absolute Gasteiger partial charge is 0.416 e. The van der Waals surface area contributed by atoms with E-state index in [-0.39, 0.29) is 11.3 Å². The van der Waals surface area contributed by atoms with Crippen LogP contribution >= 0.6 is 15.9 Å². The topological polar surface area (TPSA) is 23.6 Å². The normalized spacial score (nSPS) is 18.3. The third-order valence-corrected chi connectivity index (χ3v) is 6.60. The summed E-state index contributed by atoms with van der Waals surface area (Å²) in [5.74, 6) is 5.52. The van der Waals surface area contributed by atoms with Gasteiger partial charge in [0.15, 0.2) is 0 Å². The van der Waals surface area contributed by atoms with Crippen LogP contribution < -0.4 is 0 Å². The lowest BCUT2D eigenvalue weighted by atomic mass is 9.72. The predicted octanol–water partition coefficient (Wildman–Crippen LogP) is 4.94. The number of nitrogens with zero attached hydrogens (tertiary/aromatic N) is 2. The number of alkyl halides is 3. The van der Waals surface area contributed by atoms with Crippen LogP contribution in [-0.2, 0) is 17.5 Å². The van der Waals surface area contributed by atoms with Gasteiger partial charge in [-0.3, -0.25) is 9.69 Å². The maximum absolute atomic E-state index is 12.7. The number of likely N-dealkylation sites (tertiary alicyclic amines) is 2. The second-order valence-corrected chi connectivity index (χ2v) is 9.30. The Morgan fingerprint density at radius 3 is 2.19 bits per heavy atom. The van der Waals surface area contributed by atoms with Crippen molar-refractivity contribution in [1.29, 1.82) is 0 Å². The van der Waals surface area contributed by atoms with E-state index in [0.29, 0.717) is 19.6 Å². The average Bonchev–Trinajstić information content (AvgIpc) is 2.72. The molecular weight excluding hydrogens is 469 g/mol. The highest BCUT2D eigenvalue weighted by Crippen LogP contribution is 2.41. The van der Waals surface area contributed by atoms with Crippen molar-refractivity contribution in [2.24, 2.45) is 5.41 Å². The molecule has 2 saturated heterocycles. The van der Waals surface area contributed by atoms with E-state index < -0.39 is 11.7 Å². The van der Waals surface area contributed by atoms with Crippen molar-refractivity contribution < 1.29 is 18.0 Å². The van der Waals surface area contributed by atoms with Crippen LogP contribution in [0.2, 0.25) is 0 Å². The molecule has 162 valence electrons. The highest BCUT2D eigenvalue weighted by molar-refractivity contribution is 9.10. The fourth-order valence-electron chi connectivity index (χ4n) is 4.31. The van der Waals surface area contributed by atoms with Crippen molar-refractivity contribution in [3.8, 4) is 11.8 Å². The van der Waals surface area contributed by atoms with Gasteiger partial charge in [-0.1, -0.05) is 34.0 Å². The van der Waals surface area contributed by atoms with E-state index in [1.54, 1.807) is 12.1 Å². The van der Waals surface area contributed by atoms with Gasteiger partial charge in [0.25, 0.3) is 5.91 Å². The Kier molecular flexibility index (Phi) is 6.14. The lowest BCUT2D eigenvalue weighted by Crippen LogP contribution is -2.60. The van der Waals surface area contributed by atoms with E-state index in [1.165, 1.54) is 0 Å². The molecule has 2 heterocycles. The van der Waals surface area contributed by atoms with Gasteiger partial charge < -0.3 is 4.90 Å². The molecule has 2 aromatic rings. The molecule has 4 rings (SSSR count). The fraction of sp³-hybridized carbons (Fsp3) is 0.375. The highest BCUT2D eigenvalue weighted by atomic mass is 79.9. The molecule has 7 heteroatoms. The molecule has 2 aliphatic rings. The van der Waals surface area contributed by atoms with E-state index in [9.17, 15) is 18.0 Å². The number of amides is 1. The van der Waals surface area contributed by atoms with Crippen molar-refractivity contribution >= 4 is 21.8 Å². The SMILES string of the molecule is O=C(C#Cc1ccc(Br)cc1)N1CCC2(CC1)CN(Cc1ccc(C(F)(F)F)cc1)C2. The summed E-state index contributed by atoms with van der Waals surface area (Å²) in [5.41, 5.74) is 1.29. The van der Waals surface area contributed by atoms with Gasteiger partial charge in [-0.25, -0.2) is 0 Å². The van der Waals surface area contributed by atoms with Gasteiger partial charge in [-0.15, -0.1) is 0 Å². The Labute approximate surface area is 188 Å². The standard InChI is InChI=1S/C24H22BrF3N2O/c25-21-8-3-18(4-9-21)5-10-22(31)30-13-11-23(12-14-30)16-29(17-23)15-19-1-6-20(7-2-19)24(26,27)28/h1-4,6-9H,11-17H2. The smallest absolute Gasteiger partial charge is 0.332 e. The van der Waals surface area contributed by atoms with Crippen molar-refractivity contribution in [3.63, 3.8) is 0 Å². The first-order valence-electron chi connectivity index (χ1n) is 10.2.